The van der Waals surface area contributed by atoms with Crippen molar-refractivity contribution < 1.29 is 14.1 Å². The van der Waals surface area contributed by atoms with Gasteiger partial charge >= 0.3 is 0 Å². The van der Waals surface area contributed by atoms with Gasteiger partial charge < -0.3 is 9.73 Å². The van der Waals surface area contributed by atoms with Crippen LogP contribution in [0.2, 0.25) is 0 Å². The third kappa shape index (κ3) is 5.41. The maximum absolute atomic E-state index is 12.4. The molecule has 0 unspecified atom stereocenters. The van der Waals surface area contributed by atoms with E-state index in [1.807, 2.05) is 30.3 Å². The summed E-state index contributed by atoms with van der Waals surface area (Å²) >= 11 is 1.14. The van der Waals surface area contributed by atoms with Crippen molar-refractivity contribution in [3.8, 4) is 11.5 Å². The molecule has 1 amide bonds. The van der Waals surface area contributed by atoms with Crippen molar-refractivity contribution in [1.82, 2.24) is 15.5 Å². The molecule has 8 nitrogen and oxygen atoms in total. The number of aromatic nitrogens is 2. The lowest BCUT2D eigenvalue weighted by Crippen LogP contribution is -2.33. The van der Waals surface area contributed by atoms with Gasteiger partial charge in [0, 0.05) is 24.2 Å². The first-order valence-electron chi connectivity index (χ1n) is 9.01. The molecule has 0 saturated carbocycles. The monoisotopic (exact) mass is 412 g/mol. The minimum absolute atomic E-state index is 0.0600. The number of nitro benzene ring substituents is 1. The van der Waals surface area contributed by atoms with Crippen LogP contribution in [-0.4, -0.2) is 32.8 Å². The van der Waals surface area contributed by atoms with E-state index in [0.29, 0.717) is 12.1 Å². The van der Waals surface area contributed by atoms with Gasteiger partial charge in [-0.25, -0.2) is 0 Å². The summed E-state index contributed by atoms with van der Waals surface area (Å²) in [5.41, 5.74) is 1.55. The number of amides is 1. The average Bonchev–Trinajstić information content (AvgIpc) is 3.21. The van der Waals surface area contributed by atoms with Crippen molar-refractivity contribution in [3.63, 3.8) is 0 Å². The van der Waals surface area contributed by atoms with Crippen molar-refractivity contribution in [2.24, 2.45) is 0 Å². The van der Waals surface area contributed by atoms with E-state index in [1.165, 1.54) is 12.1 Å². The molecule has 2 atom stereocenters. The summed E-state index contributed by atoms with van der Waals surface area (Å²) in [5.74, 6) is 0.232. The molecular formula is C20H20N4O4S. The number of non-ortho nitro benzene ring substituents is 1. The van der Waals surface area contributed by atoms with Gasteiger partial charge in [0.1, 0.15) is 0 Å². The first kappa shape index (κ1) is 20.5. The predicted molar refractivity (Wildman–Crippen MR) is 110 cm³/mol. The van der Waals surface area contributed by atoms with Crippen LogP contribution in [0.25, 0.3) is 11.5 Å². The van der Waals surface area contributed by atoms with Gasteiger partial charge in [-0.3, -0.25) is 14.9 Å². The number of benzene rings is 2. The Morgan fingerprint density at radius 1 is 1.17 bits per heavy atom. The smallest absolute Gasteiger partial charge is 0.277 e. The Hall–Kier alpha value is -3.20. The summed E-state index contributed by atoms with van der Waals surface area (Å²) in [7, 11) is 0. The summed E-state index contributed by atoms with van der Waals surface area (Å²) in [4.78, 5) is 22.8. The van der Waals surface area contributed by atoms with E-state index in [4.69, 9.17) is 4.42 Å². The molecule has 0 bridgehead atoms. The minimum Gasteiger partial charge on any atom is -0.411 e. The number of hydrogen-bond acceptors (Lipinski definition) is 7. The molecule has 0 spiro atoms. The second-order valence-corrected chi connectivity index (χ2v) is 7.79. The first-order valence-corrected chi connectivity index (χ1v) is 9.89. The molecular weight excluding hydrogens is 392 g/mol. The van der Waals surface area contributed by atoms with Crippen LogP contribution in [0.15, 0.2) is 64.2 Å². The molecule has 0 aliphatic heterocycles. The van der Waals surface area contributed by atoms with Gasteiger partial charge in [-0.15, -0.1) is 10.2 Å². The van der Waals surface area contributed by atoms with E-state index in [2.05, 4.69) is 22.4 Å². The molecule has 0 aliphatic rings. The lowest BCUT2D eigenvalue weighted by atomic mass is 10.0. The molecule has 3 rings (SSSR count). The number of carbonyl (C=O) groups excluding carboxylic acids is 1. The molecule has 0 radical (unpaired) electrons. The van der Waals surface area contributed by atoms with Gasteiger partial charge in [0.2, 0.25) is 11.8 Å². The zero-order valence-corrected chi connectivity index (χ0v) is 16.8. The van der Waals surface area contributed by atoms with Crippen LogP contribution in [0.3, 0.4) is 0 Å². The lowest BCUT2D eigenvalue weighted by molar-refractivity contribution is -0.384. The van der Waals surface area contributed by atoms with E-state index in [0.717, 1.165) is 17.3 Å². The Labute approximate surface area is 171 Å². The van der Waals surface area contributed by atoms with E-state index in [1.54, 1.807) is 19.1 Å². The number of nitrogens with one attached hydrogen (secondary N) is 1. The summed E-state index contributed by atoms with van der Waals surface area (Å²) in [6.45, 7) is 4.33. The topological polar surface area (TPSA) is 111 Å². The summed E-state index contributed by atoms with van der Waals surface area (Å²) < 4.78 is 5.56. The molecule has 3 aromatic rings. The Morgan fingerprint density at radius 2 is 1.93 bits per heavy atom. The van der Waals surface area contributed by atoms with Crippen LogP contribution in [0.1, 0.15) is 25.3 Å². The Kier molecular flexibility index (Phi) is 6.61. The number of hydrogen-bond donors (Lipinski definition) is 1. The molecule has 150 valence electrons. The first-order chi connectivity index (χ1) is 13.9. The number of thioether (sulfide) groups is 1. The standard InChI is InChI=1S/C20H20N4O4S/c1-13(15-7-4-3-5-8-15)12-21-18(25)14(2)29-20-23-22-19(28-20)16-9-6-10-17(11-16)24(26)27/h3-11,13-14H,12H2,1-2H3,(H,21,25)/t13-,14-/m1/s1. The quantitative estimate of drug-likeness (QED) is 0.337. The number of nitro groups is 1. The average molecular weight is 412 g/mol. The highest BCUT2D eigenvalue weighted by Gasteiger charge is 2.20. The van der Waals surface area contributed by atoms with E-state index < -0.39 is 10.2 Å². The molecule has 1 heterocycles. The van der Waals surface area contributed by atoms with Crippen LogP contribution in [0.4, 0.5) is 5.69 Å². The van der Waals surface area contributed by atoms with Crippen molar-refractivity contribution in [1.29, 1.82) is 0 Å². The largest absolute Gasteiger partial charge is 0.411 e. The predicted octanol–water partition coefficient (Wildman–Crippen LogP) is 4.05. The third-order valence-corrected chi connectivity index (χ3v) is 5.24. The fraction of sp³-hybridized carbons (Fsp3) is 0.250. The highest BCUT2D eigenvalue weighted by Crippen LogP contribution is 2.28. The minimum atomic E-state index is -0.488. The summed E-state index contributed by atoms with van der Waals surface area (Å²) in [5, 5.41) is 21.5. The molecule has 0 saturated heterocycles. The number of carbonyl (C=O) groups is 1. The zero-order chi connectivity index (χ0) is 20.8. The van der Waals surface area contributed by atoms with E-state index in [9.17, 15) is 14.9 Å². The highest BCUT2D eigenvalue weighted by atomic mass is 32.2. The van der Waals surface area contributed by atoms with Gasteiger partial charge in [-0.1, -0.05) is 55.1 Å². The fourth-order valence-corrected chi connectivity index (χ4v) is 3.34. The van der Waals surface area contributed by atoms with Crippen molar-refractivity contribution in [2.45, 2.75) is 30.2 Å². The molecule has 29 heavy (non-hydrogen) atoms. The van der Waals surface area contributed by atoms with Gasteiger partial charge in [-0.05, 0) is 24.5 Å². The molecule has 0 aliphatic carbocycles. The summed E-state index contributed by atoms with van der Waals surface area (Å²) in [6, 6.07) is 15.9. The van der Waals surface area contributed by atoms with Crippen LogP contribution < -0.4 is 5.32 Å². The van der Waals surface area contributed by atoms with Crippen molar-refractivity contribution in [3.05, 3.63) is 70.3 Å². The van der Waals surface area contributed by atoms with Gasteiger partial charge in [-0.2, -0.15) is 0 Å². The van der Waals surface area contributed by atoms with Crippen LogP contribution in [-0.2, 0) is 4.79 Å². The van der Waals surface area contributed by atoms with Crippen LogP contribution in [0, 0.1) is 10.1 Å². The second-order valence-electron chi connectivity index (χ2n) is 6.50. The fourth-order valence-electron chi connectivity index (χ4n) is 2.63. The van der Waals surface area contributed by atoms with Crippen molar-refractivity contribution in [2.75, 3.05) is 6.54 Å². The Bertz CT molecular complexity index is 993. The molecule has 1 N–H and O–H groups in total. The lowest BCUT2D eigenvalue weighted by Gasteiger charge is -2.15. The van der Waals surface area contributed by atoms with Gasteiger partial charge in [0.25, 0.3) is 10.9 Å². The summed E-state index contributed by atoms with van der Waals surface area (Å²) in [6.07, 6.45) is 0. The third-order valence-electron chi connectivity index (χ3n) is 4.31. The van der Waals surface area contributed by atoms with E-state index >= 15 is 0 Å². The second kappa shape index (κ2) is 9.33. The Balaban J connectivity index is 1.57. The molecule has 0 fully saturated rings. The number of nitrogens with zero attached hydrogens (tertiary/aromatic N) is 3. The highest BCUT2D eigenvalue weighted by molar-refractivity contribution is 8.00. The maximum Gasteiger partial charge on any atom is 0.277 e. The maximum atomic E-state index is 12.4. The Morgan fingerprint density at radius 3 is 2.66 bits per heavy atom. The van der Waals surface area contributed by atoms with Crippen molar-refractivity contribution >= 4 is 23.4 Å². The van der Waals surface area contributed by atoms with Crippen LogP contribution in [0.5, 0.6) is 0 Å². The zero-order valence-electron chi connectivity index (χ0n) is 15.9. The molecule has 2 aromatic carbocycles. The van der Waals surface area contributed by atoms with Crippen LogP contribution >= 0.6 is 11.8 Å². The van der Waals surface area contributed by atoms with E-state index in [-0.39, 0.29) is 28.6 Å². The normalized spacial score (nSPS) is 12.9. The van der Waals surface area contributed by atoms with Gasteiger partial charge in [0.15, 0.2) is 0 Å². The molecule has 9 heteroatoms. The SMILES string of the molecule is C[C@H](CNC(=O)[C@@H](C)Sc1nnc(-c2cccc([N+](=O)[O-])c2)o1)c1ccccc1. The molecule has 1 aromatic heterocycles. The van der Waals surface area contributed by atoms with Gasteiger partial charge in [0.05, 0.1) is 10.2 Å². The number of rotatable bonds is 8.